The molecule has 0 bridgehead atoms. The van der Waals surface area contributed by atoms with Crippen LogP contribution in [0, 0.1) is 17.0 Å². The number of hydrogen-bond acceptors (Lipinski definition) is 4. The fraction of sp³-hybridized carbons (Fsp3) is 0.136. The molecule has 2 aromatic carbocycles. The molecular weight excluding hydrogens is 442 g/mol. The van der Waals surface area contributed by atoms with Gasteiger partial charge in [0, 0.05) is 31.5 Å². The van der Waals surface area contributed by atoms with E-state index >= 15 is 0 Å². The van der Waals surface area contributed by atoms with Crippen LogP contribution in [0.3, 0.4) is 0 Å². The Morgan fingerprint density at radius 1 is 1.12 bits per heavy atom. The van der Waals surface area contributed by atoms with Gasteiger partial charge in [0.15, 0.2) is 6.10 Å². The predicted molar refractivity (Wildman–Crippen MR) is 119 cm³/mol. The molecule has 1 amide bonds. The maximum Gasteiger partial charge on any atom is 0.254 e. The fourth-order valence-electron chi connectivity index (χ4n) is 3.07. The summed E-state index contributed by atoms with van der Waals surface area (Å²) in [5.74, 6) is -2.74. The molecule has 7 nitrogen and oxygen atoms in total. The second-order valence-electron chi connectivity index (χ2n) is 6.74. The number of aromatic amines is 1. The van der Waals surface area contributed by atoms with E-state index in [2.05, 4.69) is 10.3 Å². The van der Waals surface area contributed by atoms with Gasteiger partial charge in [-0.2, -0.15) is 0 Å². The molecule has 0 aliphatic carbocycles. The summed E-state index contributed by atoms with van der Waals surface area (Å²) in [5, 5.41) is 9.95. The Labute approximate surface area is 188 Å². The van der Waals surface area contributed by atoms with Crippen LogP contribution >= 0.6 is 12.4 Å². The van der Waals surface area contributed by atoms with E-state index in [1.807, 2.05) is 0 Å². The van der Waals surface area contributed by atoms with Gasteiger partial charge in [-0.05, 0) is 34.9 Å². The Balaban J connectivity index is 0.00000363. The number of nitrogens with two attached hydrogens (primary N) is 1. The molecule has 0 saturated heterocycles. The van der Waals surface area contributed by atoms with E-state index in [0.29, 0.717) is 16.7 Å². The Morgan fingerprint density at radius 3 is 2.28 bits per heavy atom. The van der Waals surface area contributed by atoms with Crippen molar-refractivity contribution in [2.75, 3.05) is 7.11 Å². The molecule has 1 atom stereocenters. The van der Waals surface area contributed by atoms with Gasteiger partial charge in [0.2, 0.25) is 5.56 Å². The summed E-state index contributed by atoms with van der Waals surface area (Å²) in [6.45, 7) is 0.0883. The van der Waals surface area contributed by atoms with Crippen LogP contribution in [0.2, 0.25) is 0 Å². The normalized spacial score (nSPS) is 11.3. The van der Waals surface area contributed by atoms with Gasteiger partial charge in [0.25, 0.3) is 5.91 Å². The van der Waals surface area contributed by atoms with Crippen molar-refractivity contribution in [3.63, 3.8) is 0 Å². The maximum absolute atomic E-state index is 14.8. The van der Waals surface area contributed by atoms with E-state index in [0.717, 1.165) is 12.1 Å². The van der Waals surface area contributed by atoms with Crippen molar-refractivity contribution in [2.45, 2.75) is 12.6 Å². The molecule has 0 aliphatic rings. The van der Waals surface area contributed by atoms with Gasteiger partial charge < -0.3 is 20.8 Å². The van der Waals surface area contributed by atoms with E-state index in [1.165, 1.54) is 25.4 Å². The average Bonchev–Trinajstić information content (AvgIpc) is 2.74. The lowest BCUT2D eigenvalue weighted by molar-refractivity contribution is -0.131. The Bertz CT molecular complexity index is 1160. The first-order valence-corrected chi connectivity index (χ1v) is 9.22. The maximum atomic E-state index is 14.8. The Kier molecular flexibility index (Phi) is 8.22. The molecular formula is C22H21ClF2N4O3. The van der Waals surface area contributed by atoms with Crippen LogP contribution in [0.15, 0.2) is 59.5 Å². The molecule has 0 aliphatic heterocycles. The van der Waals surface area contributed by atoms with Crippen molar-refractivity contribution < 1.29 is 18.3 Å². The standard InChI is InChI=1S/C22H20F2N4O3.ClH/c1-31-20(22(30)28-11-12-2-4-13(5-3-12)21(25)26)19-16(23)8-15(9-17(19)24)14-6-7-27-18(29)10-14;/h2-10,20H,11H2,1H3,(H3,25,26)(H,27,29)(H,28,30);1H. The topological polar surface area (TPSA) is 121 Å². The smallest absolute Gasteiger partial charge is 0.254 e. The summed E-state index contributed by atoms with van der Waals surface area (Å²) in [4.78, 5) is 26.4. The molecule has 168 valence electrons. The van der Waals surface area contributed by atoms with Crippen molar-refractivity contribution in [1.82, 2.24) is 10.3 Å². The molecule has 0 fully saturated rings. The van der Waals surface area contributed by atoms with Crippen molar-refractivity contribution in [1.29, 1.82) is 5.41 Å². The molecule has 5 N–H and O–H groups in total. The third-order valence-corrected chi connectivity index (χ3v) is 4.66. The number of carbonyl (C=O) groups is 1. The van der Waals surface area contributed by atoms with Gasteiger partial charge in [-0.3, -0.25) is 15.0 Å². The number of pyridine rings is 1. The van der Waals surface area contributed by atoms with Crippen molar-refractivity contribution in [3.05, 3.63) is 93.4 Å². The van der Waals surface area contributed by atoms with E-state index < -0.39 is 34.8 Å². The molecule has 10 heteroatoms. The van der Waals surface area contributed by atoms with E-state index in [-0.39, 0.29) is 30.4 Å². The summed E-state index contributed by atoms with van der Waals surface area (Å²) in [5.41, 5.74) is 6.20. The quantitative estimate of drug-likeness (QED) is 0.318. The first kappa shape index (κ1) is 24.7. The van der Waals surface area contributed by atoms with Gasteiger partial charge in [-0.25, -0.2) is 8.78 Å². The number of halogens is 3. The van der Waals surface area contributed by atoms with Gasteiger partial charge in [0.1, 0.15) is 17.5 Å². The second-order valence-corrected chi connectivity index (χ2v) is 6.74. The number of nitrogens with one attached hydrogen (secondary N) is 3. The molecule has 1 aromatic heterocycles. The molecule has 1 heterocycles. The minimum absolute atomic E-state index is 0. The number of ether oxygens (including phenoxy) is 1. The lowest BCUT2D eigenvalue weighted by Crippen LogP contribution is -2.31. The predicted octanol–water partition coefficient (Wildman–Crippen LogP) is 3.03. The van der Waals surface area contributed by atoms with Crippen molar-refractivity contribution in [2.24, 2.45) is 5.73 Å². The first-order valence-electron chi connectivity index (χ1n) is 9.22. The minimum Gasteiger partial charge on any atom is -0.384 e. The van der Waals surface area contributed by atoms with Crippen LogP contribution < -0.4 is 16.6 Å². The summed E-state index contributed by atoms with van der Waals surface area (Å²) in [7, 11) is 1.18. The lowest BCUT2D eigenvalue weighted by Gasteiger charge is -2.18. The summed E-state index contributed by atoms with van der Waals surface area (Å²) >= 11 is 0. The van der Waals surface area contributed by atoms with Gasteiger partial charge in [-0.15, -0.1) is 12.4 Å². The molecule has 32 heavy (non-hydrogen) atoms. The Hall–Kier alpha value is -3.56. The largest absolute Gasteiger partial charge is 0.384 e. The number of H-pyrrole nitrogens is 1. The monoisotopic (exact) mass is 462 g/mol. The van der Waals surface area contributed by atoms with Crippen molar-refractivity contribution >= 4 is 24.1 Å². The zero-order chi connectivity index (χ0) is 22.5. The second kappa shape index (κ2) is 10.7. The number of amidine groups is 1. The highest BCUT2D eigenvalue weighted by molar-refractivity contribution is 5.94. The Morgan fingerprint density at radius 2 is 1.75 bits per heavy atom. The lowest BCUT2D eigenvalue weighted by atomic mass is 10.0. The van der Waals surface area contributed by atoms with Gasteiger partial charge >= 0.3 is 0 Å². The highest BCUT2D eigenvalue weighted by Crippen LogP contribution is 2.29. The summed E-state index contributed by atoms with van der Waals surface area (Å²) in [6.07, 6.45) is -0.139. The van der Waals surface area contributed by atoms with Crippen LogP contribution in [0.5, 0.6) is 0 Å². The molecule has 0 spiro atoms. The fourth-order valence-corrected chi connectivity index (χ4v) is 3.07. The molecule has 3 rings (SSSR count). The zero-order valence-electron chi connectivity index (χ0n) is 16.9. The van der Waals surface area contributed by atoms with Gasteiger partial charge in [-0.1, -0.05) is 24.3 Å². The summed E-state index contributed by atoms with van der Waals surface area (Å²) in [6, 6.07) is 11.4. The van der Waals surface area contributed by atoms with Crippen LogP contribution in [0.1, 0.15) is 22.8 Å². The summed E-state index contributed by atoms with van der Waals surface area (Å²) < 4.78 is 34.6. The molecule has 0 saturated carbocycles. The third kappa shape index (κ3) is 5.57. The van der Waals surface area contributed by atoms with Crippen LogP contribution in [-0.2, 0) is 16.1 Å². The van der Waals surface area contributed by atoms with E-state index in [1.54, 1.807) is 24.3 Å². The van der Waals surface area contributed by atoms with Crippen LogP contribution in [0.25, 0.3) is 11.1 Å². The number of methoxy groups -OCH3 is 1. The zero-order valence-corrected chi connectivity index (χ0v) is 17.8. The average molecular weight is 463 g/mol. The number of hydrogen-bond donors (Lipinski definition) is 4. The first-order chi connectivity index (χ1) is 14.8. The number of carbonyl (C=O) groups excluding carboxylic acids is 1. The number of benzene rings is 2. The number of nitrogen functional groups attached to an aromatic ring is 1. The van der Waals surface area contributed by atoms with E-state index in [9.17, 15) is 18.4 Å². The third-order valence-electron chi connectivity index (χ3n) is 4.66. The number of rotatable bonds is 7. The molecule has 3 aromatic rings. The van der Waals surface area contributed by atoms with E-state index in [4.69, 9.17) is 15.9 Å². The van der Waals surface area contributed by atoms with Crippen molar-refractivity contribution in [3.8, 4) is 11.1 Å². The van der Waals surface area contributed by atoms with Crippen LogP contribution in [0.4, 0.5) is 8.78 Å². The highest BCUT2D eigenvalue weighted by Gasteiger charge is 2.27. The minimum atomic E-state index is -1.51. The number of aromatic nitrogens is 1. The number of amides is 1. The SMILES string of the molecule is COC(C(=O)NCc1ccc(C(=N)N)cc1)c1c(F)cc(-c2cc[nH]c(=O)c2)cc1F.Cl. The molecule has 1 unspecified atom stereocenters. The highest BCUT2D eigenvalue weighted by atomic mass is 35.5. The van der Waals surface area contributed by atoms with Crippen LogP contribution in [-0.4, -0.2) is 23.8 Å². The van der Waals surface area contributed by atoms with Gasteiger partial charge in [0.05, 0.1) is 5.56 Å². The molecule has 0 radical (unpaired) electrons.